The number of hydrogen-bond acceptors (Lipinski definition) is 2. The van der Waals surface area contributed by atoms with Crippen molar-refractivity contribution < 1.29 is 8.78 Å². The zero-order valence-electron chi connectivity index (χ0n) is 12.5. The molecule has 1 aromatic rings. The van der Waals surface area contributed by atoms with Gasteiger partial charge in [-0.15, -0.1) is 0 Å². The minimum absolute atomic E-state index is 0.0228. The second kappa shape index (κ2) is 6.19. The van der Waals surface area contributed by atoms with Crippen LogP contribution in [-0.2, 0) is 6.54 Å². The first-order valence-corrected chi connectivity index (χ1v) is 7.34. The molecule has 1 aliphatic rings. The monoisotopic (exact) mass is 282 g/mol. The van der Waals surface area contributed by atoms with Crippen molar-refractivity contribution in [2.24, 2.45) is 0 Å². The number of piperazine rings is 1. The number of hydrogen-bond donors (Lipinski definition) is 1. The molecule has 1 unspecified atom stereocenters. The molecule has 1 atom stereocenters. The van der Waals surface area contributed by atoms with Gasteiger partial charge in [-0.1, -0.05) is 19.4 Å². The third kappa shape index (κ3) is 3.55. The Bertz CT molecular complexity index is 460. The van der Waals surface area contributed by atoms with Gasteiger partial charge in [-0.3, -0.25) is 4.90 Å². The number of nitrogens with one attached hydrogen (secondary N) is 1. The van der Waals surface area contributed by atoms with E-state index in [-0.39, 0.29) is 5.54 Å². The Morgan fingerprint density at radius 3 is 2.75 bits per heavy atom. The predicted octanol–water partition coefficient (Wildman–Crippen LogP) is 3.32. The first kappa shape index (κ1) is 15.4. The van der Waals surface area contributed by atoms with Gasteiger partial charge in [0.25, 0.3) is 0 Å². The zero-order valence-corrected chi connectivity index (χ0v) is 12.5. The lowest BCUT2D eigenvalue weighted by Gasteiger charge is -2.46. The Labute approximate surface area is 120 Å². The summed E-state index contributed by atoms with van der Waals surface area (Å²) in [5.74, 6) is -0.971. The van der Waals surface area contributed by atoms with Crippen molar-refractivity contribution in [3.63, 3.8) is 0 Å². The second-order valence-electron chi connectivity index (χ2n) is 6.30. The number of halogens is 2. The van der Waals surface area contributed by atoms with Gasteiger partial charge in [0.05, 0.1) is 0 Å². The molecule has 4 heteroatoms. The van der Waals surface area contributed by atoms with Gasteiger partial charge >= 0.3 is 0 Å². The topological polar surface area (TPSA) is 15.3 Å². The van der Waals surface area contributed by atoms with Crippen LogP contribution in [0.2, 0.25) is 0 Å². The van der Waals surface area contributed by atoms with Crippen LogP contribution in [-0.4, -0.2) is 29.6 Å². The van der Waals surface area contributed by atoms with Gasteiger partial charge in [-0.2, -0.15) is 0 Å². The molecule has 1 saturated heterocycles. The third-order valence-corrected chi connectivity index (χ3v) is 4.13. The highest BCUT2D eigenvalue weighted by Gasteiger charge is 2.33. The highest BCUT2D eigenvalue weighted by molar-refractivity contribution is 5.19. The number of rotatable bonds is 4. The van der Waals surface area contributed by atoms with Crippen LogP contribution in [0.1, 0.15) is 39.2 Å². The fourth-order valence-corrected chi connectivity index (χ4v) is 2.76. The Kier molecular flexibility index (Phi) is 4.76. The summed E-state index contributed by atoms with van der Waals surface area (Å²) in [6.07, 6.45) is 2.26. The summed E-state index contributed by atoms with van der Waals surface area (Å²) < 4.78 is 26.8. The summed E-state index contributed by atoms with van der Waals surface area (Å²) in [6, 6.07) is 4.31. The van der Waals surface area contributed by atoms with Crippen LogP contribution in [0.3, 0.4) is 0 Å². The molecule has 2 nitrogen and oxygen atoms in total. The Morgan fingerprint density at radius 1 is 1.35 bits per heavy atom. The lowest BCUT2D eigenvalue weighted by atomic mass is 9.95. The molecular formula is C16H24F2N2. The Morgan fingerprint density at radius 2 is 2.10 bits per heavy atom. The highest BCUT2D eigenvalue weighted by Crippen LogP contribution is 2.24. The Hall–Kier alpha value is -1.00. The predicted molar refractivity (Wildman–Crippen MR) is 77.5 cm³/mol. The summed E-state index contributed by atoms with van der Waals surface area (Å²) in [6.45, 7) is 8.80. The van der Waals surface area contributed by atoms with E-state index in [1.54, 1.807) is 6.07 Å². The normalized spacial score (nSPS) is 22.9. The van der Waals surface area contributed by atoms with Crippen LogP contribution >= 0.6 is 0 Å². The van der Waals surface area contributed by atoms with Crippen molar-refractivity contribution in [2.45, 2.75) is 51.7 Å². The van der Waals surface area contributed by atoms with Crippen molar-refractivity contribution in [3.05, 3.63) is 35.4 Å². The molecule has 1 aromatic carbocycles. The van der Waals surface area contributed by atoms with E-state index in [1.165, 1.54) is 6.07 Å². The molecule has 0 amide bonds. The van der Waals surface area contributed by atoms with Crippen molar-refractivity contribution in [1.29, 1.82) is 0 Å². The summed E-state index contributed by atoms with van der Waals surface area (Å²) in [5, 5.41) is 3.55. The first-order valence-electron chi connectivity index (χ1n) is 7.34. The van der Waals surface area contributed by atoms with Crippen molar-refractivity contribution in [2.75, 3.05) is 13.1 Å². The molecule has 1 aliphatic heterocycles. The molecule has 20 heavy (non-hydrogen) atoms. The smallest absolute Gasteiger partial charge is 0.130 e. The van der Waals surface area contributed by atoms with Crippen molar-refractivity contribution >= 4 is 0 Å². The van der Waals surface area contributed by atoms with Gasteiger partial charge in [0, 0.05) is 42.8 Å². The van der Waals surface area contributed by atoms with Crippen molar-refractivity contribution in [1.82, 2.24) is 10.2 Å². The quantitative estimate of drug-likeness (QED) is 0.911. The average molecular weight is 282 g/mol. The van der Waals surface area contributed by atoms with Gasteiger partial charge in [-0.05, 0) is 26.3 Å². The second-order valence-corrected chi connectivity index (χ2v) is 6.30. The molecule has 2 rings (SSSR count). The van der Waals surface area contributed by atoms with E-state index in [2.05, 4.69) is 31.0 Å². The summed E-state index contributed by atoms with van der Waals surface area (Å²) in [5.41, 5.74) is 0.544. The Balaban J connectivity index is 2.11. The van der Waals surface area contributed by atoms with Gasteiger partial charge in [0.1, 0.15) is 11.6 Å². The van der Waals surface area contributed by atoms with Crippen LogP contribution in [0, 0.1) is 11.6 Å². The largest absolute Gasteiger partial charge is 0.311 e. The molecule has 1 heterocycles. The SMILES string of the molecule is CCCC1CN(Cc2ccc(F)cc2F)C(C)(C)CN1. The average Bonchev–Trinajstić information content (AvgIpc) is 2.37. The lowest BCUT2D eigenvalue weighted by Crippen LogP contribution is -2.61. The van der Waals surface area contributed by atoms with E-state index in [0.29, 0.717) is 18.2 Å². The molecule has 112 valence electrons. The number of nitrogens with zero attached hydrogens (tertiary/aromatic N) is 1. The van der Waals surface area contributed by atoms with E-state index < -0.39 is 11.6 Å². The van der Waals surface area contributed by atoms with Gasteiger partial charge < -0.3 is 5.32 Å². The van der Waals surface area contributed by atoms with Crippen LogP contribution in [0.4, 0.5) is 8.78 Å². The van der Waals surface area contributed by atoms with Gasteiger partial charge in [-0.25, -0.2) is 8.78 Å². The van der Waals surface area contributed by atoms with Gasteiger partial charge in [0.15, 0.2) is 0 Å². The number of benzene rings is 1. The maximum atomic E-state index is 13.8. The standard InChI is InChI=1S/C16H24F2N2/c1-4-5-14-10-20(16(2,3)11-19-14)9-12-6-7-13(17)8-15(12)18/h6-8,14,19H,4-5,9-11H2,1-3H3. The summed E-state index contributed by atoms with van der Waals surface area (Å²) >= 11 is 0. The molecule has 1 fully saturated rings. The van der Waals surface area contributed by atoms with Crippen LogP contribution < -0.4 is 5.32 Å². The maximum Gasteiger partial charge on any atom is 0.130 e. The molecule has 0 aromatic heterocycles. The maximum absolute atomic E-state index is 13.8. The fourth-order valence-electron chi connectivity index (χ4n) is 2.76. The molecule has 0 aliphatic carbocycles. The highest BCUT2D eigenvalue weighted by atomic mass is 19.1. The fraction of sp³-hybridized carbons (Fsp3) is 0.625. The molecule has 0 spiro atoms. The van der Waals surface area contributed by atoms with Crippen LogP contribution in [0.15, 0.2) is 18.2 Å². The minimum Gasteiger partial charge on any atom is -0.311 e. The zero-order chi connectivity index (χ0) is 14.8. The molecular weight excluding hydrogens is 258 g/mol. The van der Waals surface area contributed by atoms with E-state index in [4.69, 9.17) is 0 Å². The summed E-state index contributed by atoms with van der Waals surface area (Å²) in [7, 11) is 0. The molecule has 0 bridgehead atoms. The molecule has 1 N–H and O–H groups in total. The van der Waals surface area contributed by atoms with E-state index in [1.807, 2.05) is 0 Å². The van der Waals surface area contributed by atoms with Crippen molar-refractivity contribution in [3.8, 4) is 0 Å². The molecule has 0 radical (unpaired) electrons. The van der Waals surface area contributed by atoms with Crippen LogP contribution in [0.25, 0.3) is 0 Å². The van der Waals surface area contributed by atoms with Crippen LogP contribution in [0.5, 0.6) is 0 Å². The third-order valence-electron chi connectivity index (χ3n) is 4.13. The van der Waals surface area contributed by atoms with E-state index in [9.17, 15) is 8.78 Å². The summed E-state index contributed by atoms with van der Waals surface area (Å²) in [4.78, 5) is 2.29. The minimum atomic E-state index is -0.519. The first-order chi connectivity index (χ1) is 9.42. The molecule has 0 saturated carbocycles. The van der Waals surface area contributed by atoms with E-state index in [0.717, 1.165) is 32.0 Å². The van der Waals surface area contributed by atoms with E-state index >= 15 is 0 Å². The lowest BCUT2D eigenvalue weighted by molar-refractivity contribution is 0.0554. The van der Waals surface area contributed by atoms with Gasteiger partial charge in [0.2, 0.25) is 0 Å².